The summed E-state index contributed by atoms with van der Waals surface area (Å²) in [6, 6.07) is 0. The third-order valence-electron chi connectivity index (χ3n) is 16.9. The Morgan fingerprint density at radius 1 is 0.333 bits per heavy atom. The van der Waals surface area contributed by atoms with E-state index in [1.54, 1.807) is 0 Å². The van der Waals surface area contributed by atoms with Crippen molar-refractivity contribution >= 4 is 18.1 Å². The van der Waals surface area contributed by atoms with Gasteiger partial charge < -0.3 is 18.1 Å². The van der Waals surface area contributed by atoms with E-state index in [9.17, 15) is 0 Å². The van der Waals surface area contributed by atoms with Crippen LogP contribution in [0.25, 0.3) is 0 Å². The summed E-state index contributed by atoms with van der Waals surface area (Å²) >= 11 is 0. The lowest BCUT2D eigenvalue weighted by molar-refractivity contribution is -0.0790. The van der Waals surface area contributed by atoms with E-state index in [-0.39, 0.29) is 28.9 Å². The van der Waals surface area contributed by atoms with Gasteiger partial charge in [-0.15, -0.1) is 0 Å². The maximum Gasteiger partial charge on any atom is 0.155 e. The highest BCUT2D eigenvalue weighted by Gasteiger charge is 2.50. The molecule has 6 aliphatic rings. The molecule has 0 spiro atoms. The summed E-state index contributed by atoms with van der Waals surface area (Å²) in [5.74, 6) is 7.29. The lowest BCUT2D eigenvalue weighted by Crippen LogP contribution is -2.48. The van der Waals surface area contributed by atoms with Gasteiger partial charge in [0.1, 0.15) is 0 Å². The SMILES string of the molecule is CC(C)(C)C1CCC(OPOC2CC3CCCCC3CC2C2CC3CCCCC3CC2OPOC2CCC(C(C)(C)C)CC2C(C)(C)C)C(C(C)(C)C)C1. The van der Waals surface area contributed by atoms with Gasteiger partial charge in [-0.3, -0.25) is 0 Å². The van der Waals surface area contributed by atoms with Gasteiger partial charge in [0.15, 0.2) is 18.1 Å². The Balaban J connectivity index is 1.15. The molecule has 0 aliphatic heterocycles. The van der Waals surface area contributed by atoms with Gasteiger partial charge in [-0.05, 0) is 145 Å². The molecule has 54 heavy (non-hydrogen) atoms. The highest BCUT2D eigenvalue weighted by molar-refractivity contribution is 7.26. The molecule has 0 aromatic rings. The minimum Gasteiger partial charge on any atom is -0.333 e. The largest absolute Gasteiger partial charge is 0.333 e. The maximum atomic E-state index is 7.15. The number of hydrogen-bond donors (Lipinski definition) is 0. The molecule has 16 atom stereocenters. The van der Waals surface area contributed by atoms with Crippen LogP contribution in [-0.4, -0.2) is 24.4 Å². The molecule has 0 aromatic carbocycles. The van der Waals surface area contributed by atoms with Crippen LogP contribution in [0.5, 0.6) is 0 Å². The van der Waals surface area contributed by atoms with E-state index >= 15 is 0 Å². The molecule has 6 fully saturated rings. The summed E-state index contributed by atoms with van der Waals surface area (Å²) in [5.41, 5.74) is 1.21. The molecule has 4 nitrogen and oxygen atoms in total. The quantitative estimate of drug-likeness (QED) is 0.218. The average Bonchev–Trinajstić information content (AvgIpc) is 3.09. The Kier molecular flexibility index (Phi) is 14.9. The van der Waals surface area contributed by atoms with Gasteiger partial charge in [-0.1, -0.05) is 134 Å². The molecule has 6 saturated carbocycles. The molecule has 314 valence electrons. The first-order chi connectivity index (χ1) is 25.3. The number of fused-ring (bicyclic) bond motifs is 2. The predicted octanol–water partition coefficient (Wildman–Crippen LogP) is 15.0. The molecule has 16 unspecified atom stereocenters. The highest BCUT2D eigenvalue weighted by atomic mass is 31.1. The second-order valence-corrected chi connectivity index (χ2v) is 25.6. The van der Waals surface area contributed by atoms with Gasteiger partial charge in [-0.25, -0.2) is 0 Å². The summed E-state index contributed by atoms with van der Waals surface area (Å²) in [6.07, 6.45) is 25.2. The molecule has 0 N–H and O–H groups in total. The Hall–Kier alpha value is 0.700. The van der Waals surface area contributed by atoms with Crippen LogP contribution < -0.4 is 0 Å². The van der Waals surface area contributed by atoms with Crippen LogP contribution in [0.3, 0.4) is 0 Å². The maximum absolute atomic E-state index is 7.15. The van der Waals surface area contributed by atoms with Gasteiger partial charge in [0.25, 0.3) is 0 Å². The zero-order chi connectivity index (χ0) is 39.1. The van der Waals surface area contributed by atoms with Crippen molar-refractivity contribution in [2.45, 2.75) is 223 Å². The fourth-order valence-electron chi connectivity index (χ4n) is 13.2. The summed E-state index contributed by atoms with van der Waals surface area (Å²) in [5, 5.41) is 0. The summed E-state index contributed by atoms with van der Waals surface area (Å²) in [4.78, 5) is 0. The van der Waals surface area contributed by atoms with E-state index in [0.29, 0.717) is 58.9 Å². The first kappa shape index (κ1) is 44.3. The monoisotopic (exact) mass is 791 g/mol. The fraction of sp³-hybridized carbons (Fsp3) is 1.00. The molecular formula is C48H88O4P2. The lowest BCUT2D eigenvalue weighted by Gasteiger charge is -2.52. The van der Waals surface area contributed by atoms with Crippen molar-refractivity contribution in [3.63, 3.8) is 0 Å². The van der Waals surface area contributed by atoms with Crippen LogP contribution in [0.15, 0.2) is 0 Å². The van der Waals surface area contributed by atoms with E-state index in [2.05, 4.69) is 83.1 Å². The van der Waals surface area contributed by atoms with Gasteiger partial charge in [0.2, 0.25) is 0 Å². The molecule has 0 bridgehead atoms. The molecular weight excluding hydrogens is 702 g/mol. The molecule has 0 saturated heterocycles. The number of rotatable bonds is 9. The molecule has 6 rings (SSSR count). The normalized spacial score (nSPS) is 42.0. The van der Waals surface area contributed by atoms with Crippen LogP contribution >= 0.6 is 18.1 Å². The minimum absolute atomic E-state index is 0.157. The molecule has 0 aromatic heterocycles. The molecule has 6 heteroatoms. The summed E-state index contributed by atoms with van der Waals surface area (Å²) in [6.45, 7) is 29.3. The Labute approximate surface area is 338 Å². The van der Waals surface area contributed by atoms with Crippen LogP contribution in [0.4, 0.5) is 0 Å². The Morgan fingerprint density at radius 2 is 0.648 bits per heavy atom. The van der Waals surface area contributed by atoms with E-state index in [1.165, 1.54) is 116 Å². The highest BCUT2D eigenvalue weighted by Crippen LogP contribution is 2.56. The van der Waals surface area contributed by atoms with Gasteiger partial charge in [0, 0.05) is 0 Å². The van der Waals surface area contributed by atoms with Gasteiger partial charge in [0.05, 0.1) is 24.4 Å². The predicted molar refractivity (Wildman–Crippen MR) is 232 cm³/mol. The lowest BCUT2D eigenvalue weighted by atomic mass is 9.58. The number of hydrogen-bond acceptors (Lipinski definition) is 4. The topological polar surface area (TPSA) is 36.9 Å². The van der Waals surface area contributed by atoms with Crippen LogP contribution in [-0.2, 0) is 18.1 Å². The average molecular weight is 791 g/mol. The third kappa shape index (κ3) is 11.1. The third-order valence-corrected chi connectivity index (χ3v) is 18.5. The van der Waals surface area contributed by atoms with Gasteiger partial charge in [-0.2, -0.15) is 0 Å². The van der Waals surface area contributed by atoms with Crippen molar-refractivity contribution in [1.82, 2.24) is 0 Å². The van der Waals surface area contributed by atoms with Crippen molar-refractivity contribution in [1.29, 1.82) is 0 Å². The van der Waals surface area contributed by atoms with Crippen LogP contribution in [0.2, 0.25) is 0 Å². The second-order valence-electron chi connectivity index (χ2n) is 24.4. The zero-order valence-corrected chi connectivity index (χ0v) is 39.4. The first-order valence-corrected chi connectivity index (χ1v) is 25.0. The van der Waals surface area contributed by atoms with E-state index in [1.807, 2.05) is 0 Å². The minimum atomic E-state index is 0.157. The second kappa shape index (κ2) is 18.1. The molecule has 6 aliphatic carbocycles. The molecule has 0 heterocycles. The van der Waals surface area contributed by atoms with Crippen molar-refractivity contribution in [2.24, 2.45) is 80.8 Å². The molecule has 0 radical (unpaired) electrons. The van der Waals surface area contributed by atoms with Crippen molar-refractivity contribution in [3.05, 3.63) is 0 Å². The molecule has 0 amide bonds. The van der Waals surface area contributed by atoms with E-state index in [0.717, 1.165) is 35.5 Å². The Bertz CT molecular complexity index is 1070. The van der Waals surface area contributed by atoms with E-state index in [4.69, 9.17) is 18.1 Å². The zero-order valence-electron chi connectivity index (χ0n) is 37.4. The Morgan fingerprint density at radius 3 is 0.963 bits per heavy atom. The van der Waals surface area contributed by atoms with Crippen molar-refractivity contribution in [3.8, 4) is 0 Å². The smallest absolute Gasteiger partial charge is 0.155 e. The summed E-state index contributed by atoms with van der Waals surface area (Å²) in [7, 11) is 0.315. The van der Waals surface area contributed by atoms with Crippen molar-refractivity contribution < 1.29 is 18.1 Å². The van der Waals surface area contributed by atoms with Gasteiger partial charge >= 0.3 is 0 Å². The van der Waals surface area contributed by atoms with E-state index < -0.39 is 0 Å². The first-order valence-electron chi connectivity index (χ1n) is 23.4. The fourth-order valence-corrected chi connectivity index (χ4v) is 14.9. The summed E-state index contributed by atoms with van der Waals surface area (Å²) < 4.78 is 28.1. The van der Waals surface area contributed by atoms with Crippen molar-refractivity contribution in [2.75, 3.05) is 0 Å². The standard InChI is InChI=1S/C48H88O4P2/c1-45(2,3)35-21-23-41(39(29-35)47(7,8)9)49-53-51-43-27-33-19-15-13-17-31(33)25-37(43)38-26-32-18-14-16-20-34(32)28-44(38)52-54-50-42-24-22-36(46(4,5)6)30-40(42)48(10,11)12/h31-44,53-54H,13-30H2,1-12H3. The van der Waals surface area contributed by atoms with Crippen LogP contribution in [0.1, 0.15) is 199 Å². The van der Waals surface area contributed by atoms with Crippen LogP contribution in [0, 0.1) is 80.8 Å².